The molecule has 0 radical (unpaired) electrons. The van der Waals surface area contributed by atoms with Crippen LogP contribution in [0, 0.1) is 0 Å². The molecule has 8 nitrogen and oxygen atoms in total. The number of halogens is 1. The molecule has 0 fully saturated rings. The summed E-state index contributed by atoms with van der Waals surface area (Å²) >= 11 is 0. The summed E-state index contributed by atoms with van der Waals surface area (Å²) in [6, 6.07) is 5.01. The molecule has 21 heavy (non-hydrogen) atoms. The highest BCUT2D eigenvalue weighted by Gasteiger charge is 2.12. The van der Waals surface area contributed by atoms with Gasteiger partial charge in [-0.2, -0.15) is 0 Å². The predicted molar refractivity (Wildman–Crippen MR) is 79.8 cm³/mol. The maximum atomic E-state index is 10.5. The van der Waals surface area contributed by atoms with Gasteiger partial charge in [-0.05, 0) is 23.4 Å². The molecule has 1 unspecified atom stereocenters. The Kier molecular flexibility index (Phi) is 6.07. The van der Waals surface area contributed by atoms with Crippen LogP contribution in [0.1, 0.15) is 0 Å². The third-order valence-corrected chi connectivity index (χ3v) is 2.60. The molecule has 0 aliphatic heterocycles. The molecule has 1 heterocycles. The zero-order valence-electron chi connectivity index (χ0n) is 11.4. The molecule has 0 aliphatic carbocycles. The molecule has 116 valence electrons. The highest BCUT2D eigenvalue weighted by Crippen LogP contribution is 2.27. The van der Waals surface area contributed by atoms with Crippen LogP contribution in [0.25, 0.3) is 11.0 Å². The minimum Gasteiger partial charge on any atom is -0.473 e. The Labute approximate surface area is 127 Å². The number of carbonyl (C=O) groups excluding carboxylic acids is 1. The zero-order valence-corrected chi connectivity index (χ0v) is 12.2. The van der Waals surface area contributed by atoms with Gasteiger partial charge in [0.05, 0.1) is 11.4 Å². The number of hydrogen-bond donors (Lipinski definition) is 3. The number of hydrogen-bond acceptors (Lipinski definition) is 7. The third kappa shape index (κ3) is 4.40. The van der Waals surface area contributed by atoms with E-state index in [1.54, 1.807) is 6.07 Å². The first-order chi connectivity index (χ1) is 9.60. The van der Waals surface area contributed by atoms with Gasteiger partial charge in [-0.15, -0.1) is 12.4 Å². The number of anilines is 1. The lowest BCUT2D eigenvalue weighted by Gasteiger charge is -2.11. The number of nitrogens with two attached hydrogens (primary N) is 2. The second kappa shape index (κ2) is 7.55. The minimum absolute atomic E-state index is 0. The van der Waals surface area contributed by atoms with E-state index in [2.05, 4.69) is 15.2 Å². The lowest BCUT2D eigenvalue weighted by molar-refractivity contribution is 0.136. The fraction of sp³-hybridized carbons (Fsp3) is 0.333. The number of nitrogens with one attached hydrogen (secondary N) is 1. The molecule has 2 rings (SSSR count). The van der Waals surface area contributed by atoms with E-state index in [4.69, 9.17) is 20.7 Å². The maximum Gasteiger partial charge on any atom is 0.404 e. The van der Waals surface area contributed by atoms with Gasteiger partial charge in [0, 0.05) is 12.7 Å². The number of aromatic nitrogens is 1. The monoisotopic (exact) mass is 316 g/mol. The van der Waals surface area contributed by atoms with Crippen LogP contribution in [0.3, 0.4) is 0 Å². The van der Waals surface area contributed by atoms with Crippen LogP contribution in [0.15, 0.2) is 22.7 Å². The number of fused-ring (bicyclic) bond motifs is 1. The second-order valence-electron chi connectivity index (χ2n) is 4.15. The van der Waals surface area contributed by atoms with Crippen molar-refractivity contribution >= 4 is 35.2 Å². The molecule has 0 spiro atoms. The SMILES string of the molecule is CNc1ccc2onc(OCC(N)COC(N)=O)c2c1.Cl. The average Bonchev–Trinajstić information content (AvgIpc) is 2.85. The van der Waals surface area contributed by atoms with Crippen LogP contribution in [-0.2, 0) is 4.74 Å². The average molecular weight is 317 g/mol. The molecule has 0 bridgehead atoms. The largest absolute Gasteiger partial charge is 0.473 e. The van der Waals surface area contributed by atoms with Crippen LogP contribution in [0.2, 0.25) is 0 Å². The van der Waals surface area contributed by atoms with Gasteiger partial charge in [0.25, 0.3) is 5.88 Å². The van der Waals surface area contributed by atoms with Crippen molar-refractivity contribution in [2.45, 2.75) is 6.04 Å². The van der Waals surface area contributed by atoms with Crippen molar-refractivity contribution in [2.75, 3.05) is 25.6 Å². The summed E-state index contributed by atoms with van der Waals surface area (Å²) in [7, 11) is 1.81. The lowest BCUT2D eigenvalue weighted by atomic mass is 10.2. The molecule has 0 saturated heterocycles. The minimum atomic E-state index is -0.869. The van der Waals surface area contributed by atoms with E-state index >= 15 is 0 Å². The summed E-state index contributed by atoms with van der Waals surface area (Å²) in [6.07, 6.45) is -0.869. The van der Waals surface area contributed by atoms with Crippen LogP contribution in [0.4, 0.5) is 10.5 Å². The van der Waals surface area contributed by atoms with Gasteiger partial charge in [0.2, 0.25) is 0 Å². The number of nitrogens with zero attached hydrogens (tertiary/aromatic N) is 1. The Hall–Kier alpha value is -2.19. The summed E-state index contributed by atoms with van der Waals surface area (Å²) in [5, 5.41) is 7.57. The first-order valence-electron chi connectivity index (χ1n) is 5.98. The van der Waals surface area contributed by atoms with Crippen molar-refractivity contribution in [3.05, 3.63) is 18.2 Å². The van der Waals surface area contributed by atoms with Gasteiger partial charge in [0.1, 0.15) is 13.2 Å². The molecule has 1 atom stereocenters. The number of carbonyl (C=O) groups is 1. The Morgan fingerprint density at radius 1 is 1.48 bits per heavy atom. The Morgan fingerprint density at radius 3 is 2.90 bits per heavy atom. The third-order valence-electron chi connectivity index (χ3n) is 2.60. The van der Waals surface area contributed by atoms with E-state index in [0.29, 0.717) is 11.5 Å². The molecule has 2 aromatic rings. The fourth-order valence-electron chi connectivity index (χ4n) is 1.60. The molecule has 1 amide bonds. The van der Waals surface area contributed by atoms with Crippen LogP contribution >= 0.6 is 12.4 Å². The molecule has 5 N–H and O–H groups in total. The normalized spacial score (nSPS) is 11.5. The van der Waals surface area contributed by atoms with E-state index < -0.39 is 12.1 Å². The Balaban J connectivity index is 0.00000220. The zero-order chi connectivity index (χ0) is 14.5. The van der Waals surface area contributed by atoms with Crippen molar-refractivity contribution in [1.82, 2.24) is 5.16 Å². The van der Waals surface area contributed by atoms with Gasteiger partial charge in [-0.3, -0.25) is 0 Å². The smallest absolute Gasteiger partial charge is 0.404 e. The standard InChI is InChI=1S/C12H16N4O4.ClH/c1-15-8-2-3-10-9(4-8)11(16-20-10)18-5-7(13)6-19-12(14)17;/h2-4,7,15H,5-6,13H2,1H3,(H2,14,17);1H. The second-order valence-corrected chi connectivity index (χ2v) is 4.15. The molecular formula is C12H17ClN4O4. The number of amides is 1. The van der Waals surface area contributed by atoms with Gasteiger partial charge < -0.3 is 30.8 Å². The summed E-state index contributed by atoms with van der Waals surface area (Å²) in [5.74, 6) is 0.339. The van der Waals surface area contributed by atoms with E-state index in [9.17, 15) is 4.79 Å². The number of benzene rings is 1. The van der Waals surface area contributed by atoms with Gasteiger partial charge in [-0.25, -0.2) is 4.79 Å². The highest BCUT2D eigenvalue weighted by molar-refractivity contribution is 5.85. The highest BCUT2D eigenvalue weighted by atomic mass is 35.5. The molecular weight excluding hydrogens is 300 g/mol. The first kappa shape index (κ1) is 16.9. The fourth-order valence-corrected chi connectivity index (χ4v) is 1.60. The van der Waals surface area contributed by atoms with Crippen molar-refractivity contribution in [2.24, 2.45) is 11.5 Å². The van der Waals surface area contributed by atoms with Gasteiger partial charge >= 0.3 is 6.09 Å². The summed E-state index contributed by atoms with van der Waals surface area (Å²) < 4.78 is 15.2. The van der Waals surface area contributed by atoms with E-state index in [-0.39, 0.29) is 25.6 Å². The van der Waals surface area contributed by atoms with Crippen LogP contribution in [-0.4, -0.2) is 37.6 Å². The topological polar surface area (TPSA) is 126 Å². The molecule has 9 heteroatoms. The summed E-state index contributed by atoms with van der Waals surface area (Å²) in [6.45, 7) is 0.103. The molecule has 0 aliphatic rings. The maximum absolute atomic E-state index is 10.5. The van der Waals surface area contributed by atoms with Crippen molar-refractivity contribution in [1.29, 1.82) is 0 Å². The molecule has 1 aromatic heterocycles. The Morgan fingerprint density at radius 2 is 2.24 bits per heavy atom. The lowest BCUT2D eigenvalue weighted by Crippen LogP contribution is -2.34. The van der Waals surface area contributed by atoms with Crippen molar-refractivity contribution in [3.8, 4) is 5.88 Å². The van der Waals surface area contributed by atoms with Crippen molar-refractivity contribution < 1.29 is 18.8 Å². The molecule has 0 saturated carbocycles. The van der Waals surface area contributed by atoms with Crippen LogP contribution < -0.4 is 21.5 Å². The van der Waals surface area contributed by atoms with Crippen LogP contribution in [0.5, 0.6) is 5.88 Å². The van der Waals surface area contributed by atoms with Crippen molar-refractivity contribution in [3.63, 3.8) is 0 Å². The van der Waals surface area contributed by atoms with E-state index in [0.717, 1.165) is 11.1 Å². The summed E-state index contributed by atoms with van der Waals surface area (Å²) in [5.41, 5.74) is 12.1. The van der Waals surface area contributed by atoms with Gasteiger partial charge in [-0.1, -0.05) is 0 Å². The first-order valence-corrected chi connectivity index (χ1v) is 5.98. The quantitative estimate of drug-likeness (QED) is 0.728. The van der Waals surface area contributed by atoms with E-state index in [1.165, 1.54) is 0 Å². The van der Waals surface area contributed by atoms with E-state index in [1.807, 2.05) is 19.2 Å². The predicted octanol–water partition coefficient (Wildman–Crippen LogP) is 1.09. The number of rotatable bonds is 6. The van der Waals surface area contributed by atoms with Gasteiger partial charge in [0.15, 0.2) is 5.58 Å². The molecule has 1 aromatic carbocycles. The number of ether oxygens (including phenoxy) is 2. The number of primary amides is 1. The Bertz CT molecular complexity index is 604. The summed E-state index contributed by atoms with van der Waals surface area (Å²) in [4.78, 5) is 10.5.